The van der Waals surface area contributed by atoms with Gasteiger partial charge in [-0.1, -0.05) is 0 Å². The Balaban J connectivity index is 1.58. The van der Waals surface area contributed by atoms with Crippen molar-refractivity contribution in [2.75, 3.05) is 39.4 Å². The highest BCUT2D eigenvalue weighted by Gasteiger charge is 2.38. The van der Waals surface area contributed by atoms with Gasteiger partial charge in [-0.15, -0.1) is 0 Å². The Morgan fingerprint density at radius 2 is 2.18 bits per heavy atom. The van der Waals surface area contributed by atoms with E-state index in [1.807, 2.05) is 0 Å². The fourth-order valence-corrected chi connectivity index (χ4v) is 3.59. The van der Waals surface area contributed by atoms with Gasteiger partial charge in [0.2, 0.25) is 0 Å². The van der Waals surface area contributed by atoms with Gasteiger partial charge in [-0.05, 0) is 25.7 Å². The molecular formula is C13H24N2O2. The van der Waals surface area contributed by atoms with E-state index in [9.17, 15) is 5.11 Å². The van der Waals surface area contributed by atoms with Crippen LogP contribution in [0.3, 0.4) is 0 Å². The molecule has 0 saturated carbocycles. The predicted octanol–water partition coefficient (Wildman–Crippen LogP) is 0.162. The number of rotatable bonds is 2. The van der Waals surface area contributed by atoms with Gasteiger partial charge in [0.1, 0.15) is 0 Å². The van der Waals surface area contributed by atoms with E-state index >= 15 is 0 Å². The van der Waals surface area contributed by atoms with Crippen LogP contribution in [0.5, 0.6) is 0 Å². The highest BCUT2D eigenvalue weighted by atomic mass is 16.5. The average molecular weight is 240 g/mol. The minimum atomic E-state index is -0.0954. The van der Waals surface area contributed by atoms with Crippen LogP contribution in [0.25, 0.3) is 0 Å². The van der Waals surface area contributed by atoms with Gasteiger partial charge in [0.25, 0.3) is 0 Å². The molecule has 0 bridgehead atoms. The summed E-state index contributed by atoms with van der Waals surface area (Å²) >= 11 is 0. The van der Waals surface area contributed by atoms with Crippen LogP contribution in [0.15, 0.2) is 0 Å². The van der Waals surface area contributed by atoms with Gasteiger partial charge in [-0.2, -0.15) is 0 Å². The molecule has 3 aliphatic rings. The lowest BCUT2D eigenvalue weighted by Crippen LogP contribution is -2.55. The smallest absolute Gasteiger partial charge is 0.0682 e. The molecule has 0 aromatic rings. The van der Waals surface area contributed by atoms with Crippen molar-refractivity contribution in [1.82, 2.24) is 9.80 Å². The molecule has 4 nitrogen and oxygen atoms in total. The van der Waals surface area contributed by atoms with Gasteiger partial charge >= 0.3 is 0 Å². The van der Waals surface area contributed by atoms with E-state index in [4.69, 9.17) is 4.74 Å². The Hall–Kier alpha value is -0.160. The lowest BCUT2D eigenvalue weighted by Gasteiger charge is -2.43. The van der Waals surface area contributed by atoms with Gasteiger partial charge in [0, 0.05) is 44.9 Å². The normalized spacial score (nSPS) is 44.1. The van der Waals surface area contributed by atoms with E-state index in [1.165, 1.54) is 13.0 Å². The third-order valence-electron chi connectivity index (χ3n) is 4.59. The monoisotopic (exact) mass is 240 g/mol. The van der Waals surface area contributed by atoms with Crippen molar-refractivity contribution in [1.29, 1.82) is 0 Å². The van der Waals surface area contributed by atoms with Crippen LogP contribution >= 0.6 is 0 Å². The molecule has 1 N–H and O–H groups in total. The topological polar surface area (TPSA) is 35.9 Å². The molecule has 0 spiro atoms. The molecule has 3 saturated heterocycles. The van der Waals surface area contributed by atoms with Crippen LogP contribution in [0.2, 0.25) is 0 Å². The summed E-state index contributed by atoms with van der Waals surface area (Å²) in [4.78, 5) is 5.08. The highest BCUT2D eigenvalue weighted by Crippen LogP contribution is 2.26. The van der Waals surface area contributed by atoms with Crippen molar-refractivity contribution < 1.29 is 9.84 Å². The van der Waals surface area contributed by atoms with Gasteiger partial charge in [-0.3, -0.25) is 9.80 Å². The first-order valence-corrected chi connectivity index (χ1v) is 6.96. The number of nitrogens with zero attached hydrogens (tertiary/aromatic N) is 2. The zero-order valence-corrected chi connectivity index (χ0v) is 10.7. The number of aliphatic hydroxyl groups is 1. The summed E-state index contributed by atoms with van der Waals surface area (Å²) in [6.45, 7) is 8.53. The summed E-state index contributed by atoms with van der Waals surface area (Å²) in [5, 5.41) is 9.74. The zero-order chi connectivity index (χ0) is 11.8. The molecule has 4 atom stereocenters. The second kappa shape index (κ2) is 4.84. The molecule has 3 rings (SSSR count). The number of hydrogen-bond donors (Lipinski definition) is 1. The molecule has 0 aromatic carbocycles. The Morgan fingerprint density at radius 1 is 1.29 bits per heavy atom. The van der Waals surface area contributed by atoms with E-state index in [0.29, 0.717) is 12.1 Å². The first-order chi connectivity index (χ1) is 8.22. The summed E-state index contributed by atoms with van der Waals surface area (Å²) < 4.78 is 5.46. The lowest BCUT2D eigenvalue weighted by atomic mass is 10.0. The van der Waals surface area contributed by atoms with E-state index in [-0.39, 0.29) is 6.10 Å². The van der Waals surface area contributed by atoms with Crippen molar-refractivity contribution in [2.45, 2.75) is 38.0 Å². The summed E-state index contributed by atoms with van der Waals surface area (Å²) in [7, 11) is 0. The van der Waals surface area contributed by atoms with Crippen molar-refractivity contribution >= 4 is 0 Å². The number of aliphatic hydroxyl groups excluding tert-OH is 1. The number of fused-ring (bicyclic) bond motifs is 1. The van der Waals surface area contributed by atoms with Crippen LogP contribution in [-0.4, -0.2) is 72.5 Å². The summed E-state index contributed by atoms with van der Waals surface area (Å²) in [5.74, 6) is 0.732. The highest BCUT2D eigenvalue weighted by molar-refractivity contribution is 4.94. The van der Waals surface area contributed by atoms with Crippen LogP contribution in [-0.2, 0) is 4.74 Å². The van der Waals surface area contributed by atoms with E-state index < -0.39 is 0 Å². The molecule has 98 valence electrons. The Kier molecular flexibility index (Phi) is 3.39. The molecule has 3 heterocycles. The van der Waals surface area contributed by atoms with Gasteiger partial charge < -0.3 is 9.84 Å². The van der Waals surface area contributed by atoms with Crippen LogP contribution < -0.4 is 0 Å². The van der Waals surface area contributed by atoms with Gasteiger partial charge in [-0.25, -0.2) is 0 Å². The van der Waals surface area contributed by atoms with Crippen molar-refractivity contribution in [2.24, 2.45) is 5.92 Å². The number of piperazine rings is 1. The van der Waals surface area contributed by atoms with Gasteiger partial charge in [0.05, 0.1) is 12.7 Å². The standard InChI is InChI=1S/C13H24N2O2/c1-10-5-15-8-13(16)4-12(15)7-14(10)6-11-2-3-17-9-11/h10-13,16H,2-9H2,1H3/t10-,11-,12+,13+/m0/s1. The minimum Gasteiger partial charge on any atom is -0.392 e. The maximum atomic E-state index is 9.74. The summed E-state index contributed by atoms with van der Waals surface area (Å²) in [6, 6.07) is 1.21. The molecule has 0 unspecified atom stereocenters. The van der Waals surface area contributed by atoms with Gasteiger partial charge in [0.15, 0.2) is 0 Å². The molecule has 3 aliphatic heterocycles. The second-order valence-corrected chi connectivity index (χ2v) is 6.03. The molecule has 4 heteroatoms. The molecule has 0 aromatic heterocycles. The SMILES string of the molecule is C[C@H]1CN2C[C@H](O)C[C@@H]2CN1C[C@@H]1CCOC1. The number of ether oxygens (including phenoxy) is 1. The Bertz CT molecular complexity index is 268. The third-order valence-corrected chi connectivity index (χ3v) is 4.59. The number of hydrogen-bond acceptors (Lipinski definition) is 4. The maximum Gasteiger partial charge on any atom is 0.0682 e. The van der Waals surface area contributed by atoms with Crippen LogP contribution in [0.1, 0.15) is 19.8 Å². The third kappa shape index (κ3) is 2.50. The fraction of sp³-hybridized carbons (Fsp3) is 1.00. The van der Waals surface area contributed by atoms with Crippen LogP contribution in [0.4, 0.5) is 0 Å². The van der Waals surface area contributed by atoms with E-state index in [0.717, 1.165) is 45.2 Å². The van der Waals surface area contributed by atoms with Crippen molar-refractivity contribution in [3.8, 4) is 0 Å². The summed E-state index contributed by atoms with van der Waals surface area (Å²) in [6.07, 6.45) is 2.09. The van der Waals surface area contributed by atoms with E-state index in [2.05, 4.69) is 16.7 Å². The molecule has 0 radical (unpaired) electrons. The van der Waals surface area contributed by atoms with Crippen molar-refractivity contribution in [3.63, 3.8) is 0 Å². The molecule has 0 aliphatic carbocycles. The first-order valence-electron chi connectivity index (χ1n) is 6.96. The predicted molar refractivity (Wildman–Crippen MR) is 65.9 cm³/mol. The van der Waals surface area contributed by atoms with E-state index in [1.54, 1.807) is 0 Å². The minimum absolute atomic E-state index is 0.0954. The molecular weight excluding hydrogens is 216 g/mol. The van der Waals surface area contributed by atoms with Crippen molar-refractivity contribution in [3.05, 3.63) is 0 Å². The molecule has 3 fully saturated rings. The Morgan fingerprint density at radius 3 is 2.94 bits per heavy atom. The average Bonchev–Trinajstić information content (AvgIpc) is 2.87. The maximum absolute atomic E-state index is 9.74. The second-order valence-electron chi connectivity index (χ2n) is 6.03. The summed E-state index contributed by atoms with van der Waals surface area (Å²) in [5.41, 5.74) is 0. The quantitative estimate of drug-likeness (QED) is 0.746. The first kappa shape index (κ1) is 11.9. The largest absolute Gasteiger partial charge is 0.392 e. The fourth-order valence-electron chi connectivity index (χ4n) is 3.59. The zero-order valence-electron chi connectivity index (χ0n) is 10.7. The van der Waals surface area contributed by atoms with Crippen LogP contribution in [0, 0.1) is 5.92 Å². The Labute approximate surface area is 104 Å². The lowest BCUT2D eigenvalue weighted by molar-refractivity contribution is 0.0452. The molecule has 17 heavy (non-hydrogen) atoms. The molecule has 0 amide bonds.